The van der Waals surface area contributed by atoms with E-state index >= 15 is 0 Å². The van der Waals surface area contributed by atoms with Gasteiger partial charge in [0.25, 0.3) is 0 Å². The summed E-state index contributed by atoms with van der Waals surface area (Å²) in [5.41, 5.74) is 5.34. The molecular formula is C10H11F3N2O3. The molecule has 1 rings (SSSR count). The summed E-state index contributed by atoms with van der Waals surface area (Å²) in [4.78, 5) is 14.8. The van der Waals surface area contributed by atoms with Crippen LogP contribution >= 0.6 is 0 Å². The number of rotatable bonds is 3. The molecule has 5 nitrogen and oxygen atoms in total. The maximum absolute atomic E-state index is 12.3. The topological polar surface area (TPSA) is 74.4 Å². The SMILES string of the molecule is COC(=O)c1cc(OC(C)C(F)(F)F)ncc1N. The second kappa shape index (κ2) is 5.11. The molecule has 1 heterocycles. The van der Waals surface area contributed by atoms with E-state index in [1.54, 1.807) is 0 Å². The number of carbonyl (C=O) groups excluding carboxylic acids is 1. The molecule has 1 atom stereocenters. The molecule has 1 aromatic heterocycles. The van der Waals surface area contributed by atoms with Crippen LogP contribution in [0.1, 0.15) is 17.3 Å². The van der Waals surface area contributed by atoms with E-state index in [1.807, 2.05) is 0 Å². The predicted octanol–water partition coefficient (Wildman–Crippen LogP) is 1.78. The number of hydrogen-bond donors (Lipinski definition) is 1. The van der Waals surface area contributed by atoms with Gasteiger partial charge in [-0.15, -0.1) is 0 Å². The summed E-state index contributed by atoms with van der Waals surface area (Å²) in [5, 5.41) is 0. The van der Waals surface area contributed by atoms with Gasteiger partial charge in [0.2, 0.25) is 5.88 Å². The van der Waals surface area contributed by atoms with Crippen molar-refractivity contribution in [1.82, 2.24) is 4.98 Å². The lowest BCUT2D eigenvalue weighted by atomic mass is 10.2. The first-order chi connectivity index (χ1) is 8.25. The Hall–Kier alpha value is -1.99. The maximum Gasteiger partial charge on any atom is 0.425 e. The molecule has 0 aliphatic heterocycles. The first-order valence-corrected chi connectivity index (χ1v) is 4.83. The molecule has 18 heavy (non-hydrogen) atoms. The number of nitrogens with two attached hydrogens (primary N) is 1. The Balaban J connectivity index is 2.96. The normalized spacial score (nSPS) is 12.9. The number of esters is 1. The molecule has 2 N–H and O–H groups in total. The molecule has 0 bridgehead atoms. The zero-order chi connectivity index (χ0) is 13.9. The second-order valence-electron chi connectivity index (χ2n) is 3.40. The number of hydrogen-bond acceptors (Lipinski definition) is 5. The number of aromatic nitrogens is 1. The fourth-order valence-electron chi connectivity index (χ4n) is 1.05. The van der Waals surface area contributed by atoms with E-state index in [0.29, 0.717) is 0 Å². The lowest BCUT2D eigenvalue weighted by Crippen LogP contribution is -2.31. The van der Waals surface area contributed by atoms with Crippen molar-refractivity contribution in [3.8, 4) is 5.88 Å². The van der Waals surface area contributed by atoms with Crippen molar-refractivity contribution < 1.29 is 27.4 Å². The second-order valence-corrected chi connectivity index (χ2v) is 3.40. The third-order valence-electron chi connectivity index (χ3n) is 2.07. The molecule has 0 fully saturated rings. The number of pyridine rings is 1. The minimum Gasteiger partial charge on any atom is -0.465 e. The molecule has 0 aliphatic carbocycles. The fourth-order valence-corrected chi connectivity index (χ4v) is 1.05. The molecule has 0 amide bonds. The van der Waals surface area contributed by atoms with Crippen molar-refractivity contribution in [1.29, 1.82) is 0 Å². The summed E-state index contributed by atoms with van der Waals surface area (Å²) < 4.78 is 45.8. The highest BCUT2D eigenvalue weighted by atomic mass is 19.4. The van der Waals surface area contributed by atoms with E-state index in [0.717, 1.165) is 26.3 Å². The van der Waals surface area contributed by atoms with E-state index in [9.17, 15) is 18.0 Å². The van der Waals surface area contributed by atoms with Gasteiger partial charge in [-0.3, -0.25) is 0 Å². The number of anilines is 1. The van der Waals surface area contributed by atoms with E-state index in [1.165, 1.54) is 0 Å². The van der Waals surface area contributed by atoms with E-state index in [4.69, 9.17) is 5.73 Å². The monoisotopic (exact) mass is 264 g/mol. The summed E-state index contributed by atoms with van der Waals surface area (Å²) in [5.74, 6) is -1.13. The summed E-state index contributed by atoms with van der Waals surface area (Å²) in [7, 11) is 1.13. The lowest BCUT2D eigenvalue weighted by molar-refractivity contribution is -0.189. The molecule has 0 aromatic carbocycles. The number of ether oxygens (including phenoxy) is 2. The molecule has 0 aliphatic rings. The Labute approximate surface area is 101 Å². The number of nitrogen functional groups attached to an aromatic ring is 1. The molecular weight excluding hydrogens is 253 g/mol. The van der Waals surface area contributed by atoms with Crippen LogP contribution in [0.4, 0.5) is 18.9 Å². The quantitative estimate of drug-likeness (QED) is 0.842. The van der Waals surface area contributed by atoms with Crippen LogP contribution in [0, 0.1) is 0 Å². The van der Waals surface area contributed by atoms with Crippen molar-refractivity contribution in [2.45, 2.75) is 19.2 Å². The third-order valence-corrected chi connectivity index (χ3v) is 2.07. The molecule has 1 unspecified atom stereocenters. The van der Waals surface area contributed by atoms with Gasteiger partial charge in [-0.1, -0.05) is 0 Å². The highest BCUT2D eigenvalue weighted by Crippen LogP contribution is 2.25. The highest BCUT2D eigenvalue weighted by Gasteiger charge is 2.38. The minimum absolute atomic E-state index is 0.00568. The molecule has 0 saturated heterocycles. The average molecular weight is 264 g/mol. The molecule has 0 saturated carbocycles. The van der Waals surface area contributed by atoms with Crippen LogP contribution in [0.2, 0.25) is 0 Å². The zero-order valence-electron chi connectivity index (χ0n) is 9.62. The fraction of sp³-hybridized carbons (Fsp3) is 0.400. The van der Waals surface area contributed by atoms with E-state index < -0.39 is 18.2 Å². The van der Waals surface area contributed by atoms with Crippen LogP contribution < -0.4 is 10.5 Å². The van der Waals surface area contributed by atoms with Crippen LogP contribution in [-0.2, 0) is 4.74 Å². The number of methoxy groups -OCH3 is 1. The molecule has 8 heteroatoms. The Morgan fingerprint density at radius 1 is 1.50 bits per heavy atom. The summed E-state index contributed by atoms with van der Waals surface area (Å²) >= 11 is 0. The highest BCUT2D eigenvalue weighted by molar-refractivity contribution is 5.95. The largest absolute Gasteiger partial charge is 0.465 e. The van der Waals surface area contributed by atoms with Crippen molar-refractivity contribution in [2.75, 3.05) is 12.8 Å². The molecule has 0 spiro atoms. The first-order valence-electron chi connectivity index (χ1n) is 4.83. The van der Waals surface area contributed by atoms with Crippen molar-refractivity contribution >= 4 is 11.7 Å². The minimum atomic E-state index is -4.52. The summed E-state index contributed by atoms with van der Waals surface area (Å²) in [6.45, 7) is 0.829. The van der Waals surface area contributed by atoms with Gasteiger partial charge in [-0.25, -0.2) is 9.78 Å². The Kier molecular flexibility index (Phi) is 4.00. The maximum atomic E-state index is 12.3. The van der Waals surface area contributed by atoms with Crippen LogP contribution in [0.5, 0.6) is 5.88 Å². The van der Waals surface area contributed by atoms with Crippen molar-refractivity contribution in [2.24, 2.45) is 0 Å². The smallest absolute Gasteiger partial charge is 0.425 e. The van der Waals surface area contributed by atoms with Crippen molar-refractivity contribution in [3.63, 3.8) is 0 Å². The van der Waals surface area contributed by atoms with Crippen LogP contribution in [0.3, 0.4) is 0 Å². The van der Waals surface area contributed by atoms with Crippen LogP contribution in [0.15, 0.2) is 12.3 Å². The number of carbonyl (C=O) groups is 1. The van der Waals surface area contributed by atoms with Gasteiger partial charge >= 0.3 is 12.1 Å². The molecule has 1 aromatic rings. The Morgan fingerprint density at radius 3 is 2.61 bits per heavy atom. The van der Waals surface area contributed by atoms with Gasteiger partial charge in [-0.2, -0.15) is 13.2 Å². The number of nitrogens with zero attached hydrogens (tertiary/aromatic N) is 1. The lowest BCUT2D eigenvalue weighted by Gasteiger charge is -2.17. The standard InChI is InChI=1S/C10H11F3N2O3/c1-5(10(11,12)13)18-8-3-6(9(16)17-2)7(14)4-15-8/h3-5H,14H2,1-2H3. The third kappa shape index (κ3) is 3.25. The van der Waals surface area contributed by atoms with E-state index in [2.05, 4.69) is 14.5 Å². The van der Waals surface area contributed by atoms with Gasteiger partial charge < -0.3 is 15.2 Å². The Bertz CT molecular complexity index is 448. The zero-order valence-corrected chi connectivity index (χ0v) is 9.62. The number of alkyl halides is 3. The summed E-state index contributed by atoms with van der Waals surface area (Å²) in [6, 6.07) is 1.00. The van der Waals surface area contributed by atoms with Crippen LogP contribution in [-0.4, -0.2) is 30.3 Å². The molecule has 0 radical (unpaired) electrons. The predicted molar refractivity (Wildman–Crippen MR) is 56.1 cm³/mol. The Morgan fingerprint density at radius 2 is 2.11 bits per heavy atom. The number of halogens is 3. The van der Waals surface area contributed by atoms with Gasteiger partial charge in [-0.05, 0) is 6.92 Å². The van der Waals surface area contributed by atoms with Gasteiger partial charge in [0.1, 0.15) is 0 Å². The molecule has 100 valence electrons. The van der Waals surface area contributed by atoms with Crippen LogP contribution in [0.25, 0.3) is 0 Å². The first kappa shape index (κ1) is 14.1. The van der Waals surface area contributed by atoms with E-state index in [-0.39, 0.29) is 17.1 Å². The van der Waals surface area contributed by atoms with Gasteiger partial charge in [0.05, 0.1) is 24.6 Å². The summed E-state index contributed by atoms with van der Waals surface area (Å²) in [6.07, 6.45) is -5.53. The average Bonchev–Trinajstić information content (AvgIpc) is 2.29. The van der Waals surface area contributed by atoms with Gasteiger partial charge in [0.15, 0.2) is 6.10 Å². The van der Waals surface area contributed by atoms with Gasteiger partial charge in [0, 0.05) is 6.07 Å². The van der Waals surface area contributed by atoms with Crippen molar-refractivity contribution in [3.05, 3.63) is 17.8 Å².